The van der Waals surface area contributed by atoms with Crippen LogP contribution in [0.2, 0.25) is 10.0 Å². The van der Waals surface area contributed by atoms with Gasteiger partial charge in [0.1, 0.15) is 10.6 Å². The molecule has 0 aliphatic carbocycles. The Kier molecular flexibility index (Phi) is 6.00. The van der Waals surface area contributed by atoms with Crippen LogP contribution in [0.25, 0.3) is 42.9 Å². The number of amides is 1. The summed E-state index contributed by atoms with van der Waals surface area (Å²) in [6.45, 7) is 0. The zero-order valence-electron chi connectivity index (χ0n) is 19.0. The average molecular weight is 543 g/mol. The first-order valence-electron chi connectivity index (χ1n) is 11.3. The molecule has 0 aliphatic rings. The summed E-state index contributed by atoms with van der Waals surface area (Å²) in [5.41, 5.74) is 3.20. The minimum atomic E-state index is -0.477. The van der Waals surface area contributed by atoms with Gasteiger partial charge in [-0.25, -0.2) is 9.78 Å². The lowest BCUT2D eigenvalue weighted by Crippen LogP contribution is -2.13. The van der Waals surface area contributed by atoms with Crippen molar-refractivity contribution in [2.24, 2.45) is 0 Å². The largest absolute Gasteiger partial charge is 0.422 e. The lowest BCUT2D eigenvalue weighted by Gasteiger charge is -2.13. The molecule has 2 heterocycles. The van der Waals surface area contributed by atoms with Crippen molar-refractivity contribution in [3.8, 4) is 21.7 Å². The second-order valence-corrected chi connectivity index (χ2v) is 10.2. The Morgan fingerprint density at radius 2 is 1.68 bits per heavy atom. The van der Waals surface area contributed by atoms with Crippen LogP contribution in [0, 0.1) is 0 Å². The summed E-state index contributed by atoms with van der Waals surface area (Å²) in [5.74, 6) is -0.390. The van der Waals surface area contributed by atoms with Crippen LogP contribution in [0.4, 0.5) is 5.69 Å². The monoisotopic (exact) mass is 542 g/mol. The molecule has 0 aliphatic heterocycles. The van der Waals surface area contributed by atoms with E-state index in [0.717, 1.165) is 15.6 Å². The van der Waals surface area contributed by atoms with Crippen LogP contribution >= 0.6 is 34.5 Å². The van der Waals surface area contributed by atoms with Crippen LogP contribution in [0.1, 0.15) is 10.4 Å². The number of hydrogen-bond donors (Lipinski definition) is 1. The van der Waals surface area contributed by atoms with Crippen LogP contribution in [0.3, 0.4) is 0 Å². The Balaban J connectivity index is 1.38. The maximum atomic E-state index is 13.4. The van der Waals surface area contributed by atoms with Gasteiger partial charge in [-0.15, -0.1) is 11.3 Å². The van der Waals surface area contributed by atoms with Crippen molar-refractivity contribution in [1.82, 2.24) is 4.98 Å². The second-order valence-electron chi connectivity index (χ2n) is 8.32. The fourth-order valence-electron chi connectivity index (χ4n) is 4.13. The van der Waals surface area contributed by atoms with E-state index >= 15 is 0 Å². The number of nitrogens with one attached hydrogen (secondary N) is 1. The molecular weight excluding hydrogens is 527 g/mol. The number of carbonyl (C=O) groups excluding carboxylic acids is 1. The zero-order valence-corrected chi connectivity index (χ0v) is 21.3. The van der Waals surface area contributed by atoms with Gasteiger partial charge in [0.15, 0.2) is 0 Å². The van der Waals surface area contributed by atoms with Gasteiger partial charge in [-0.1, -0.05) is 65.7 Å². The quantitative estimate of drug-likeness (QED) is 0.227. The van der Waals surface area contributed by atoms with Crippen LogP contribution in [-0.2, 0) is 0 Å². The Hall–Kier alpha value is -3.97. The van der Waals surface area contributed by atoms with E-state index in [9.17, 15) is 9.59 Å². The molecule has 0 saturated heterocycles. The van der Waals surface area contributed by atoms with Gasteiger partial charge in [-0.05, 0) is 54.1 Å². The van der Waals surface area contributed by atoms with E-state index in [-0.39, 0.29) is 0 Å². The summed E-state index contributed by atoms with van der Waals surface area (Å²) in [5, 5.41) is 5.13. The molecule has 1 N–H and O–H groups in total. The second kappa shape index (κ2) is 9.48. The van der Waals surface area contributed by atoms with E-state index in [2.05, 4.69) is 5.32 Å². The maximum Gasteiger partial charge on any atom is 0.344 e. The number of nitrogens with zero attached hydrogens (tertiary/aromatic N) is 1. The molecule has 0 spiro atoms. The van der Waals surface area contributed by atoms with Crippen LogP contribution in [0.15, 0.2) is 100 Å². The topological polar surface area (TPSA) is 72.2 Å². The molecule has 0 atom stereocenters. The summed E-state index contributed by atoms with van der Waals surface area (Å²) in [6.07, 6.45) is 0. The first kappa shape index (κ1) is 23.4. The minimum absolute atomic E-state index is 0.293. The highest BCUT2D eigenvalue weighted by Crippen LogP contribution is 2.40. The third kappa shape index (κ3) is 4.51. The molecule has 1 amide bonds. The minimum Gasteiger partial charge on any atom is -0.422 e. The number of benzene rings is 4. The van der Waals surface area contributed by atoms with Gasteiger partial charge in [0.05, 0.1) is 26.5 Å². The average Bonchev–Trinajstić information content (AvgIpc) is 3.34. The molecule has 0 unspecified atom stereocenters. The molecule has 0 fully saturated rings. The standard InChI is InChI=1S/C29H16Cl2N2O3S/c30-19-14-21(28-32-23-9-2-4-11-25(23)37-28)26(22(31)15-19)33-27(34)18-8-5-7-16(12-18)20-13-17-6-1-3-10-24(17)36-29(20)35/h1-15H,(H,33,34). The molecule has 2 aromatic heterocycles. The molecule has 8 heteroatoms. The molecular formula is C29H16Cl2N2O3S. The summed E-state index contributed by atoms with van der Waals surface area (Å²) in [7, 11) is 0. The number of rotatable bonds is 4. The first-order chi connectivity index (χ1) is 18.0. The van der Waals surface area contributed by atoms with Gasteiger partial charge in [0, 0.05) is 21.5 Å². The normalized spacial score (nSPS) is 11.2. The predicted molar refractivity (Wildman–Crippen MR) is 151 cm³/mol. The third-order valence-electron chi connectivity index (χ3n) is 5.90. The molecule has 0 radical (unpaired) electrons. The van der Waals surface area contributed by atoms with E-state index in [0.29, 0.717) is 48.6 Å². The van der Waals surface area contributed by atoms with Gasteiger partial charge in [-0.3, -0.25) is 4.79 Å². The van der Waals surface area contributed by atoms with E-state index < -0.39 is 11.5 Å². The highest BCUT2D eigenvalue weighted by atomic mass is 35.5. The highest BCUT2D eigenvalue weighted by molar-refractivity contribution is 7.21. The smallest absolute Gasteiger partial charge is 0.344 e. The van der Waals surface area contributed by atoms with Crippen molar-refractivity contribution >= 4 is 67.3 Å². The van der Waals surface area contributed by atoms with Gasteiger partial charge < -0.3 is 9.73 Å². The predicted octanol–water partition coefficient (Wildman–Crippen LogP) is 8.30. The van der Waals surface area contributed by atoms with Crippen LogP contribution in [-0.4, -0.2) is 10.9 Å². The molecule has 6 aromatic rings. The molecule has 4 aromatic carbocycles. The lowest BCUT2D eigenvalue weighted by atomic mass is 10.0. The third-order valence-corrected chi connectivity index (χ3v) is 7.48. The van der Waals surface area contributed by atoms with Crippen molar-refractivity contribution < 1.29 is 9.21 Å². The Bertz CT molecular complexity index is 1860. The number of anilines is 1. The van der Waals surface area contributed by atoms with Crippen molar-refractivity contribution in [3.63, 3.8) is 0 Å². The first-order valence-corrected chi connectivity index (χ1v) is 12.8. The Morgan fingerprint density at radius 1 is 0.865 bits per heavy atom. The lowest BCUT2D eigenvalue weighted by molar-refractivity contribution is 0.102. The van der Waals surface area contributed by atoms with Crippen molar-refractivity contribution in [2.75, 3.05) is 5.32 Å². The molecule has 0 saturated carbocycles. The van der Waals surface area contributed by atoms with Crippen LogP contribution in [0.5, 0.6) is 0 Å². The van der Waals surface area contributed by atoms with E-state index in [4.69, 9.17) is 32.6 Å². The van der Waals surface area contributed by atoms with Crippen molar-refractivity contribution in [2.45, 2.75) is 0 Å². The fourth-order valence-corrected chi connectivity index (χ4v) is 5.66. The van der Waals surface area contributed by atoms with E-state index in [1.165, 1.54) is 11.3 Å². The fraction of sp³-hybridized carbons (Fsp3) is 0. The Morgan fingerprint density at radius 3 is 2.54 bits per heavy atom. The Labute approximate surface area is 224 Å². The van der Waals surface area contributed by atoms with E-state index in [1.54, 1.807) is 54.6 Å². The van der Waals surface area contributed by atoms with Crippen LogP contribution < -0.4 is 10.9 Å². The molecule has 37 heavy (non-hydrogen) atoms. The summed E-state index contributed by atoms with van der Waals surface area (Å²) in [6, 6.07) is 26.9. The summed E-state index contributed by atoms with van der Waals surface area (Å²) < 4.78 is 6.48. The number of fused-ring (bicyclic) bond motifs is 2. The number of halogens is 2. The summed E-state index contributed by atoms with van der Waals surface area (Å²) >= 11 is 14.3. The number of thiazole rings is 1. The van der Waals surface area contributed by atoms with E-state index in [1.807, 2.05) is 36.4 Å². The number of para-hydroxylation sites is 2. The molecule has 180 valence electrons. The molecule has 5 nitrogen and oxygen atoms in total. The highest BCUT2D eigenvalue weighted by Gasteiger charge is 2.19. The molecule has 6 rings (SSSR count). The van der Waals surface area contributed by atoms with Gasteiger partial charge >= 0.3 is 5.63 Å². The van der Waals surface area contributed by atoms with Crippen molar-refractivity contribution in [3.05, 3.63) is 117 Å². The molecule has 0 bridgehead atoms. The van der Waals surface area contributed by atoms with Crippen molar-refractivity contribution in [1.29, 1.82) is 0 Å². The summed E-state index contributed by atoms with van der Waals surface area (Å²) in [4.78, 5) is 30.7. The maximum absolute atomic E-state index is 13.4. The van der Waals surface area contributed by atoms with Gasteiger partial charge in [0.2, 0.25) is 0 Å². The van der Waals surface area contributed by atoms with Gasteiger partial charge in [-0.2, -0.15) is 0 Å². The van der Waals surface area contributed by atoms with Gasteiger partial charge in [0.25, 0.3) is 5.91 Å². The number of hydrogen-bond acceptors (Lipinski definition) is 5. The number of aromatic nitrogens is 1. The SMILES string of the molecule is O=C(Nc1c(Cl)cc(Cl)cc1-c1nc2ccccc2s1)c1cccc(-c2cc3ccccc3oc2=O)c1. The zero-order chi connectivity index (χ0) is 25.5. The number of carbonyl (C=O) groups is 1.